The molecule has 0 aliphatic carbocycles. The van der Waals surface area contributed by atoms with Crippen molar-refractivity contribution in [3.63, 3.8) is 0 Å². The van der Waals surface area contributed by atoms with Gasteiger partial charge in [0, 0.05) is 0 Å². The number of thioether (sulfide) groups is 1. The summed E-state index contributed by atoms with van der Waals surface area (Å²) in [5.41, 5.74) is 4.21. The van der Waals surface area contributed by atoms with Crippen LogP contribution in [0.3, 0.4) is 0 Å². The van der Waals surface area contributed by atoms with Crippen molar-refractivity contribution in [2.24, 2.45) is 0 Å². The minimum atomic E-state index is -0.224. The van der Waals surface area contributed by atoms with E-state index in [1.54, 1.807) is 0 Å². The standard InChI is InChI=1S/C19H21N3OS/c1-12-9-10-16-17(11-12)22-19(21-16)24-14(3)18(23)20-13(2)15-7-5-4-6-8-15/h4-11,13-14H,1-3H3,(H,20,23)(H,21,22)/t13-,14+/m0/s1. The number of imidazole rings is 1. The van der Waals surface area contributed by atoms with Crippen molar-refractivity contribution in [2.45, 2.75) is 37.2 Å². The third-order valence-electron chi connectivity index (χ3n) is 3.93. The highest BCUT2D eigenvalue weighted by Crippen LogP contribution is 2.24. The molecule has 1 amide bonds. The highest BCUT2D eigenvalue weighted by atomic mass is 32.2. The molecule has 2 atom stereocenters. The molecule has 1 aromatic heterocycles. The van der Waals surface area contributed by atoms with Crippen LogP contribution in [0.5, 0.6) is 0 Å². The first-order chi connectivity index (χ1) is 11.5. The number of nitrogens with one attached hydrogen (secondary N) is 2. The highest BCUT2D eigenvalue weighted by molar-refractivity contribution is 8.00. The fourth-order valence-corrected chi connectivity index (χ4v) is 3.36. The second kappa shape index (κ2) is 7.09. The first-order valence-corrected chi connectivity index (χ1v) is 8.89. The van der Waals surface area contributed by atoms with E-state index in [-0.39, 0.29) is 17.2 Å². The van der Waals surface area contributed by atoms with E-state index in [2.05, 4.69) is 21.4 Å². The molecule has 24 heavy (non-hydrogen) atoms. The first-order valence-electron chi connectivity index (χ1n) is 8.01. The third-order valence-corrected chi connectivity index (χ3v) is 4.92. The number of carbonyl (C=O) groups is 1. The van der Waals surface area contributed by atoms with Gasteiger partial charge < -0.3 is 10.3 Å². The first kappa shape index (κ1) is 16.6. The Bertz CT molecular complexity index is 844. The third kappa shape index (κ3) is 3.79. The molecule has 3 rings (SSSR count). The smallest absolute Gasteiger partial charge is 0.233 e. The van der Waals surface area contributed by atoms with E-state index >= 15 is 0 Å². The fraction of sp³-hybridized carbons (Fsp3) is 0.263. The Kier molecular flexibility index (Phi) is 4.90. The zero-order chi connectivity index (χ0) is 17.1. The second-order valence-electron chi connectivity index (χ2n) is 5.96. The number of amides is 1. The molecule has 0 bridgehead atoms. The van der Waals surface area contributed by atoms with Crippen LogP contribution in [0.1, 0.15) is 31.0 Å². The molecule has 0 radical (unpaired) electrons. The lowest BCUT2D eigenvalue weighted by Gasteiger charge is -2.17. The van der Waals surface area contributed by atoms with Gasteiger partial charge in [-0.15, -0.1) is 0 Å². The molecule has 0 fully saturated rings. The Morgan fingerprint density at radius 2 is 1.92 bits per heavy atom. The molecule has 0 saturated carbocycles. The number of benzene rings is 2. The van der Waals surface area contributed by atoms with Gasteiger partial charge in [-0.05, 0) is 44.0 Å². The quantitative estimate of drug-likeness (QED) is 0.684. The van der Waals surface area contributed by atoms with Crippen LogP contribution in [-0.2, 0) is 4.79 Å². The number of aryl methyl sites for hydroxylation is 1. The van der Waals surface area contributed by atoms with E-state index in [1.807, 2.05) is 63.2 Å². The molecule has 0 unspecified atom stereocenters. The summed E-state index contributed by atoms with van der Waals surface area (Å²) in [6.45, 7) is 5.94. The normalized spacial score (nSPS) is 13.6. The van der Waals surface area contributed by atoms with Crippen molar-refractivity contribution in [2.75, 3.05) is 0 Å². The van der Waals surface area contributed by atoms with Gasteiger partial charge in [-0.3, -0.25) is 4.79 Å². The van der Waals surface area contributed by atoms with Crippen LogP contribution < -0.4 is 5.32 Å². The molecular formula is C19H21N3OS. The Labute approximate surface area is 146 Å². The lowest BCUT2D eigenvalue weighted by molar-refractivity contribution is -0.120. The van der Waals surface area contributed by atoms with E-state index < -0.39 is 0 Å². The number of aromatic amines is 1. The molecule has 3 aromatic rings. The van der Waals surface area contributed by atoms with E-state index in [0.717, 1.165) is 21.8 Å². The molecule has 2 N–H and O–H groups in total. The van der Waals surface area contributed by atoms with Gasteiger partial charge in [0.15, 0.2) is 5.16 Å². The molecule has 2 aromatic carbocycles. The average Bonchev–Trinajstić information content (AvgIpc) is 2.96. The minimum absolute atomic E-state index is 0.00740. The number of carbonyl (C=O) groups excluding carboxylic acids is 1. The molecule has 0 aliphatic heterocycles. The van der Waals surface area contributed by atoms with Gasteiger partial charge in [0.05, 0.1) is 22.3 Å². The van der Waals surface area contributed by atoms with Crippen molar-refractivity contribution in [3.05, 3.63) is 59.7 Å². The summed E-state index contributed by atoms with van der Waals surface area (Å²) in [5, 5.41) is 3.60. The van der Waals surface area contributed by atoms with Gasteiger partial charge in [0.2, 0.25) is 5.91 Å². The Balaban J connectivity index is 1.64. The highest BCUT2D eigenvalue weighted by Gasteiger charge is 2.18. The summed E-state index contributed by atoms with van der Waals surface area (Å²) in [6.07, 6.45) is 0. The number of H-pyrrole nitrogens is 1. The maximum Gasteiger partial charge on any atom is 0.233 e. The molecule has 0 saturated heterocycles. The SMILES string of the molecule is Cc1ccc2nc(S[C@H](C)C(=O)N[C@@H](C)c3ccccc3)[nH]c2c1. The second-order valence-corrected chi connectivity index (χ2v) is 7.29. The predicted molar refractivity (Wildman–Crippen MR) is 99.1 cm³/mol. The van der Waals surface area contributed by atoms with Crippen molar-refractivity contribution in [1.29, 1.82) is 0 Å². The summed E-state index contributed by atoms with van der Waals surface area (Å²) in [5.74, 6) is 0.00740. The summed E-state index contributed by atoms with van der Waals surface area (Å²) >= 11 is 1.44. The maximum atomic E-state index is 12.4. The fourth-order valence-electron chi connectivity index (χ4n) is 2.53. The number of nitrogens with zero attached hydrogens (tertiary/aromatic N) is 1. The zero-order valence-electron chi connectivity index (χ0n) is 14.0. The van der Waals surface area contributed by atoms with Crippen LogP contribution in [0, 0.1) is 6.92 Å². The number of aromatic nitrogens is 2. The zero-order valence-corrected chi connectivity index (χ0v) is 14.9. The van der Waals surface area contributed by atoms with Crippen molar-refractivity contribution >= 4 is 28.7 Å². The maximum absolute atomic E-state index is 12.4. The monoisotopic (exact) mass is 339 g/mol. The molecule has 1 heterocycles. The summed E-state index contributed by atoms with van der Waals surface area (Å²) in [4.78, 5) is 20.2. The largest absolute Gasteiger partial charge is 0.349 e. The van der Waals surface area contributed by atoms with Gasteiger partial charge in [0.1, 0.15) is 0 Å². The average molecular weight is 339 g/mol. The number of rotatable bonds is 5. The van der Waals surface area contributed by atoms with Crippen LogP contribution in [0.25, 0.3) is 11.0 Å². The number of fused-ring (bicyclic) bond motifs is 1. The molecule has 5 heteroatoms. The molecule has 124 valence electrons. The summed E-state index contributed by atoms with van der Waals surface area (Å²) in [7, 11) is 0. The number of hydrogen-bond acceptors (Lipinski definition) is 3. The number of hydrogen-bond donors (Lipinski definition) is 2. The van der Waals surface area contributed by atoms with E-state index in [4.69, 9.17) is 0 Å². The van der Waals surface area contributed by atoms with Gasteiger partial charge >= 0.3 is 0 Å². The molecule has 4 nitrogen and oxygen atoms in total. The summed E-state index contributed by atoms with van der Waals surface area (Å²) in [6, 6.07) is 16.0. The van der Waals surface area contributed by atoms with E-state index in [9.17, 15) is 4.79 Å². The van der Waals surface area contributed by atoms with Crippen molar-refractivity contribution in [3.8, 4) is 0 Å². The van der Waals surface area contributed by atoms with Gasteiger partial charge in [-0.2, -0.15) is 0 Å². The molecular weight excluding hydrogens is 318 g/mol. The van der Waals surface area contributed by atoms with Crippen LogP contribution in [0.15, 0.2) is 53.7 Å². The topological polar surface area (TPSA) is 57.8 Å². The van der Waals surface area contributed by atoms with E-state index in [0.29, 0.717) is 0 Å². The van der Waals surface area contributed by atoms with Gasteiger partial charge in [0.25, 0.3) is 0 Å². The Hall–Kier alpha value is -2.27. The Morgan fingerprint density at radius 3 is 2.67 bits per heavy atom. The lowest BCUT2D eigenvalue weighted by Crippen LogP contribution is -2.33. The van der Waals surface area contributed by atoms with Crippen LogP contribution in [-0.4, -0.2) is 21.1 Å². The van der Waals surface area contributed by atoms with Crippen LogP contribution in [0.4, 0.5) is 0 Å². The predicted octanol–water partition coefficient (Wildman–Crippen LogP) is 4.23. The van der Waals surface area contributed by atoms with Crippen LogP contribution in [0.2, 0.25) is 0 Å². The van der Waals surface area contributed by atoms with Gasteiger partial charge in [-0.1, -0.05) is 48.2 Å². The Morgan fingerprint density at radius 1 is 1.17 bits per heavy atom. The lowest BCUT2D eigenvalue weighted by atomic mass is 10.1. The van der Waals surface area contributed by atoms with E-state index in [1.165, 1.54) is 17.3 Å². The van der Waals surface area contributed by atoms with Crippen molar-refractivity contribution in [1.82, 2.24) is 15.3 Å². The van der Waals surface area contributed by atoms with Crippen molar-refractivity contribution < 1.29 is 4.79 Å². The molecule has 0 spiro atoms. The summed E-state index contributed by atoms with van der Waals surface area (Å²) < 4.78 is 0. The van der Waals surface area contributed by atoms with Crippen LogP contribution >= 0.6 is 11.8 Å². The molecule has 0 aliphatic rings. The minimum Gasteiger partial charge on any atom is -0.349 e. The van der Waals surface area contributed by atoms with Gasteiger partial charge in [-0.25, -0.2) is 4.98 Å².